The van der Waals surface area contributed by atoms with E-state index in [-0.39, 0.29) is 0 Å². The van der Waals surface area contributed by atoms with Crippen molar-refractivity contribution in [2.45, 2.75) is 11.8 Å². The van der Waals surface area contributed by atoms with E-state index in [1.165, 1.54) is 33.4 Å². The maximum absolute atomic E-state index is 2.42. The summed E-state index contributed by atoms with van der Waals surface area (Å²) in [7, 11) is 0. The van der Waals surface area contributed by atoms with Gasteiger partial charge in [-0.2, -0.15) is 0 Å². The Morgan fingerprint density at radius 3 is 1.41 bits per heavy atom. The molecule has 3 aliphatic carbocycles. The van der Waals surface area contributed by atoms with Gasteiger partial charge in [-0.05, 0) is 44.5 Å². The van der Waals surface area contributed by atoms with Crippen molar-refractivity contribution in [3.05, 3.63) is 95.1 Å². The maximum atomic E-state index is 2.42. The topological polar surface area (TPSA) is 0 Å². The molecule has 0 heteroatoms. The molecule has 0 heterocycles. The van der Waals surface area contributed by atoms with E-state index < -0.39 is 0 Å². The summed E-state index contributed by atoms with van der Waals surface area (Å²) >= 11 is 0. The summed E-state index contributed by atoms with van der Waals surface area (Å²) < 4.78 is 0. The second-order valence-corrected chi connectivity index (χ2v) is 6.50. The molecular weight excluding hydrogens is 264 g/mol. The maximum Gasteiger partial charge on any atom is 0.0285 e. The Labute approximate surface area is 129 Å². The van der Waals surface area contributed by atoms with Crippen LogP contribution in [0.1, 0.15) is 34.1 Å². The summed E-state index contributed by atoms with van der Waals surface area (Å²) in [5.41, 5.74) is 11.8. The van der Waals surface area contributed by atoms with Crippen molar-refractivity contribution in [3.63, 3.8) is 0 Å². The molecule has 6 rings (SSSR count). The Kier molecular flexibility index (Phi) is 1.80. The second kappa shape index (κ2) is 3.59. The lowest BCUT2D eigenvalue weighted by Crippen LogP contribution is -2.06. The third-order valence-corrected chi connectivity index (χ3v) is 5.58. The molecule has 3 aromatic carbocycles. The van der Waals surface area contributed by atoms with E-state index in [1.54, 1.807) is 11.1 Å². The van der Waals surface area contributed by atoms with Crippen molar-refractivity contribution in [2.24, 2.45) is 0 Å². The fourth-order valence-corrected chi connectivity index (χ4v) is 4.74. The predicted molar refractivity (Wildman–Crippen MR) is 90.1 cm³/mol. The van der Waals surface area contributed by atoms with Gasteiger partial charge in [-0.25, -0.2) is 0 Å². The molecule has 0 saturated heterocycles. The average molecular weight is 278 g/mol. The van der Waals surface area contributed by atoms with Crippen LogP contribution >= 0.6 is 0 Å². The highest BCUT2D eigenvalue weighted by Gasteiger charge is 2.39. The van der Waals surface area contributed by atoms with Gasteiger partial charge in [-0.15, -0.1) is 0 Å². The second-order valence-electron chi connectivity index (χ2n) is 6.50. The summed E-state index contributed by atoms with van der Waals surface area (Å²) in [5.74, 6) is 0.901. The van der Waals surface area contributed by atoms with Crippen LogP contribution in [0.4, 0.5) is 0 Å². The summed E-state index contributed by atoms with van der Waals surface area (Å²) in [5, 5.41) is 0. The number of fused-ring (bicyclic) bond motifs is 6. The third-order valence-electron chi connectivity index (χ3n) is 5.58. The minimum atomic E-state index is 0.451. The Hall–Kier alpha value is -2.60. The lowest BCUT2D eigenvalue weighted by atomic mass is 9.81. The molecule has 2 atom stereocenters. The van der Waals surface area contributed by atoms with E-state index >= 15 is 0 Å². The quantitative estimate of drug-likeness (QED) is 0.478. The summed E-state index contributed by atoms with van der Waals surface area (Å²) in [6.07, 6.45) is 4.85. The lowest BCUT2D eigenvalue weighted by Gasteiger charge is -2.22. The van der Waals surface area contributed by atoms with Crippen molar-refractivity contribution in [1.82, 2.24) is 0 Å². The highest BCUT2D eigenvalue weighted by molar-refractivity contribution is 5.91. The van der Waals surface area contributed by atoms with E-state index in [4.69, 9.17) is 0 Å². The lowest BCUT2D eigenvalue weighted by molar-refractivity contribution is 0.930. The first-order valence-corrected chi connectivity index (χ1v) is 7.97. The molecule has 0 bridgehead atoms. The number of allylic oxidation sites excluding steroid dienone is 2. The van der Waals surface area contributed by atoms with Crippen LogP contribution in [-0.2, 0) is 0 Å². The summed E-state index contributed by atoms with van der Waals surface area (Å²) in [6, 6.07) is 22.5. The summed E-state index contributed by atoms with van der Waals surface area (Å²) in [4.78, 5) is 0. The van der Waals surface area contributed by atoms with Crippen LogP contribution in [0.5, 0.6) is 0 Å². The van der Waals surface area contributed by atoms with Crippen molar-refractivity contribution < 1.29 is 0 Å². The van der Waals surface area contributed by atoms with E-state index in [0.29, 0.717) is 11.8 Å². The fraction of sp³-hybridized carbons (Fsp3) is 0.0909. The third kappa shape index (κ3) is 1.09. The van der Waals surface area contributed by atoms with E-state index in [1.807, 2.05) is 0 Å². The Bertz CT molecular complexity index is 910. The molecule has 0 fully saturated rings. The highest BCUT2D eigenvalue weighted by Crippen LogP contribution is 2.58. The highest BCUT2D eigenvalue weighted by atomic mass is 14.4. The molecular formula is C22H14. The van der Waals surface area contributed by atoms with Crippen LogP contribution in [0.25, 0.3) is 22.3 Å². The zero-order valence-electron chi connectivity index (χ0n) is 12.1. The van der Waals surface area contributed by atoms with Gasteiger partial charge in [-0.3, -0.25) is 0 Å². The van der Waals surface area contributed by atoms with Gasteiger partial charge < -0.3 is 0 Å². The van der Waals surface area contributed by atoms with E-state index in [2.05, 4.69) is 72.8 Å². The molecule has 0 aliphatic heterocycles. The molecule has 0 saturated carbocycles. The van der Waals surface area contributed by atoms with Crippen LogP contribution in [-0.4, -0.2) is 0 Å². The monoisotopic (exact) mass is 278 g/mol. The van der Waals surface area contributed by atoms with Crippen molar-refractivity contribution in [2.75, 3.05) is 0 Å². The smallest absolute Gasteiger partial charge is 0.0285 e. The van der Waals surface area contributed by atoms with Crippen LogP contribution in [0.2, 0.25) is 0 Å². The standard InChI is InChI=1S/C22H14/c1-2-6-14-13(5-1)17-9-10-19-15-7-3-4-8-16(15)20-12-11-18(14)21(17)22(19)20/h1-12,17,19H. The molecule has 3 aliphatic rings. The molecule has 0 amide bonds. The van der Waals surface area contributed by atoms with Crippen molar-refractivity contribution in [1.29, 1.82) is 0 Å². The van der Waals surface area contributed by atoms with E-state index in [0.717, 1.165) is 0 Å². The summed E-state index contributed by atoms with van der Waals surface area (Å²) in [6.45, 7) is 0. The molecule has 0 radical (unpaired) electrons. The zero-order chi connectivity index (χ0) is 14.3. The fourth-order valence-electron chi connectivity index (χ4n) is 4.74. The van der Waals surface area contributed by atoms with Gasteiger partial charge in [-0.1, -0.05) is 72.8 Å². The van der Waals surface area contributed by atoms with Gasteiger partial charge in [0, 0.05) is 11.8 Å². The minimum Gasteiger partial charge on any atom is -0.0757 e. The molecule has 0 spiro atoms. The number of benzene rings is 3. The van der Waals surface area contributed by atoms with Crippen molar-refractivity contribution >= 4 is 0 Å². The molecule has 3 aromatic rings. The normalized spacial score (nSPS) is 21.5. The molecule has 0 N–H and O–H groups in total. The first-order chi connectivity index (χ1) is 10.9. The number of hydrogen-bond donors (Lipinski definition) is 0. The van der Waals surface area contributed by atoms with Gasteiger partial charge in [0.15, 0.2) is 0 Å². The first-order valence-electron chi connectivity index (χ1n) is 7.97. The number of hydrogen-bond acceptors (Lipinski definition) is 0. The van der Waals surface area contributed by atoms with Gasteiger partial charge in [0.05, 0.1) is 0 Å². The SMILES string of the molecule is C1=CC2c3ccccc3-c3ccc4c(c32)C1c1ccccc1-4. The zero-order valence-corrected chi connectivity index (χ0v) is 12.1. The van der Waals surface area contributed by atoms with Crippen LogP contribution in [0, 0.1) is 0 Å². The molecule has 0 nitrogen and oxygen atoms in total. The largest absolute Gasteiger partial charge is 0.0757 e. The van der Waals surface area contributed by atoms with Crippen molar-refractivity contribution in [3.8, 4) is 22.3 Å². The molecule has 0 aromatic heterocycles. The Balaban J connectivity index is 1.76. The minimum absolute atomic E-state index is 0.451. The average Bonchev–Trinajstić information content (AvgIpc) is 3.08. The van der Waals surface area contributed by atoms with Gasteiger partial charge >= 0.3 is 0 Å². The Morgan fingerprint density at radius 1 is 0.455 bits per heavy atom. The van der Waals surface area contributed by atoms with E-state index in [9.17, 15) is 0 Å². The van der Waals surface area contributed by atoms with Crippen LogP contribution in [0.15, 0.2) is 72.8 Å². The van der Waals surface area contributed by atoms with Gasteiger partial charge in [0.1, 0.15) is 0 Å². The molecule has 22 heavy (non-hydrogen) atoms. The van der Waals surface area contributed by atoms with Gasteiger partial charge in [0.25, 0.3) is 0 Å². The number of rotatable bonds is 0. The van der Waals surface area contributed by atoms with Crippen LogP contribution < -0.4 is 0 Å². The van der Waals surface area contributed by atoms with Gasteiger partial charge in [0.2, 0.25) is 0 Å². The predicted octanol–water partition coefficient (Wildman–Crippen LogP) is 5.48. The Morgan fingerprint density at radius 2 is 0.909 bits per heavy atom. The van der Waals surface area contributed by atoms with Crippen LogP contribution in [0.3, 0.4) is 0 Å². The molecule has 102 valence electrons. The molecule has 2 unspecified atom stereocenters. The first kappa shape index (κ1) is 11.0.